The highest BCUT2D eigenvalue weighted by atomic mass is 16.2. The van der Waals surface area contributed by atoms with Crippen LogP contribution < -0.4 is 5.32 Å². The highest BCUT2D eigenvalue weighted by Gasteiger charge is 2.28. The minimum atomic E-state index is 0.0557. The van der Waals surface area contributed by atoms with E-state index in [9.17, 15) is 4.79 Å². The molecule has 1 fully saturated rings. The van der Waals surface area contributed by atoms with Gasteiger partial charge < -0.3 is 10.2 Å². The molecule has 0 bridgehead atoms. The van der Waals surface area contributed by atoms with E-state index in [0.29, 0.717) is 13.1 Å². The molecule has 1 aliphatic heterocycles. The van der Waals surface area contributed by atoms with Crippen LogP contribution in [0.3, 0.4) is 0 Å². The fourth-order valence-corrected chi connectivity index (χ4v) is 2.00. The van der Waals surface area contributed by atoms with Crippen LogP contribution in [0.4, 0.5) is 0 Å². The lowest BCUT2D eigenvalue weighted by atomic mass is 10.2. The van der Waals surface area contributed by atoms with Gasteiger partial charge in [0.2, 0.25) is 0 Å². The van der Waals surface area contributed by atoms with Gasteiger partial charge in [-0.1, -0.05) is 31.4 Å². The van der Waals surface area contributed by atoms with Crippen molar-refractivity contribution in [3.8, 4) is 0 Å². The van der Waals surface area contributed by atoms with Gasteiger partial charge >= 0.3 is 0 Å². The summed E-state index contributed by atoms with van der Waals surface area (Å²) in [4.78, 5) is 14.0. The first-order chi connectivity index (χ1) is 8.22. The third-order valence-corrected chi connectivity index (χ3v) is 2.92. The van der Waals surface area contributed by atoms with Crippen molar-refractivity contribution in [1.82, 2.24) is 10.2 Å². The van der Waals surface area contributed by atoms with E-state index in [-0.39, 0.29) is 11.9 Å². The van der Waals surface area contributed by atoms with Crippen molar-refractivity contribution in [2.24, 2.45) is 0 Å². The third-order valence-electron chi connectivity index (χ3n) is 2.92. The third kappa shape index (κ3) is 2.38. The number of hydrogen-bond acceptors (Lipinski definition) is 2. The standard InChI is InChI=1S/C14H16N2O/c1-3-15-13-10-16(9-11(13)2)14(17)12-7-5-4-6-8-12/h3-8,13,15H,1-2,9-10H2. The fourth-order valence-electron chi connectivity index (χ4n) is 2.00. The maximum atomic E-state index is 12.2. The Morgan fingerprint density at radius 2 is 2.12 bits per heavy atom. The fraction of sp³-hybridized carbons (Fsp3) is 0.214. The summed E-state index contributed by atoms with van der Waals surface area (Å²) in [5.74, 6) is 0.0557. The predicted molar refractivity (Wildman–Crippen MR) is 68.6 cm³/mol. The smallest absolute Gasteiger partial charge is 0.254 e. The van der Waals surface area contributed by atoms with Gasteiger partial charge in [-0.05, 0) is 23.9 Å². The lowest BCUT2D eigenvalue weighted by molar-refractivity contribution is 0.0792. The Bertz CT molecular complexity index is 439. The molecule has 3 heteroatoms. The molecular formula is C14H16N2O. The van der Waals surface area contributed by atoms with Crippen molar-refractivity contribution in [1.29, 1.82) is 0 Å². The Morgan fingerprint density at radius 3 is 2.76 bits per heavy atom. The summed E-state index contributed by atoms with van der Waals surface area (Å²) in [5, 5.41) is 3.10. The lowest BCUT2D eigenvalue weighted by Gasteiger charge is -2.16. The first kappa shape index (κ1) is 11.5. The van der Waals surface area contributed by atoms with Crippen molar-refractivity contribution >= 4 is 5.91 Å². The molecule has 0 aromatic heterocycles. The highest BCUT2D eigenvalue weighted by molar-refractivity contribution is 5.94. The predicted octanol–water partition coefficient (Wildman–Crippen LogP) is 1.80. The maximum Gasteiger partial charge on any atom is 0.254 e. The highest BCUT2D eigenvalue weighted by Crippen LogP contribution is 2.17. The summed E-state index contributed by atoms with van der Waals surface area (Å²) in [6.45, 7) is 8.87. The van der Waals surface area contributed by atoms with Crippen LogP contribution in [0.5, 0.6) is 0 Å². The minimum Gasteiger partial charge on any atom is -0.383 e. The Labute approximate surface area is 101 Å². The zero-order valence-corrected chi connectivity index (χ0v) is 9.73. The summed E-state index contributed by atoms with van der Waals surface area (Å²) < 4.78 is 0. The summed E-state index contributed by atoms with van der Waals surface area (Å²) in [7, 11) is 0. The molecule has 1 N–H and O–H groups in total. The number of carbonyl (C=O) groups excluding carboxylic acids is 1. The molecule has 1 unspecified atom stereocenters. The Balaban J connectivity index is 2.08. The second-order valence-electron chi connectivity index (χ2n) is 4.13. The van der Waals surface area contributed by atoms with Crippen LogP contribution in [-0.2, 0) is 0 Å². The zero-order valence-electron chi connectivity index (χ0n) is 9.73. The van der Waals surface area contributed by atoms with E-state index >= 15 is 0 Å². The number of amides is 1. The largest absolute Gasteiger partial charge is 0.383 e. The number of likely N-dealkylation sites (tertiary alicyclic amines) is 1. The van der Waals surface area contributed by atoms with Gasteiger partial charge in [0.25, 0.3) is 5.91 Å². The van der Waals surface area contributed by atoms with E-state index in [2.05, 4.69) is 18.5 Å². The van der Waals surface area contributed by atoms with Crippen LogP contribution in [-0.4, -0.2) is 29.9 Å². The van der Waals surface area contributed by atoms with Crippen LogP contribution in [0.2, 0.25) is 0 Å². The maximum absolute atomic E-state index is 12.2. The second kappa shape index (κ2) is 4.87. The van der Waals surface area contributed by atoms with Crippen LogP contribution in [0.1, 0.15) is 10.4 Å². The average molecular weight is 228 g/mol. The molecule has 1 saturated heterocycles. The monoisotopic (exact) mass is 228 g/mol. The van der Waals surface area contributed by atoms with Gasteiger partial charge in [0.15, 0.2) is 0 Å². The SMILES string of the molecule is C=CNC1CN(C(=O)c2ccccc2)CC1=C. The topological polar surface area (TPSA) is 32.3 Å². The van der Waals surface area contributed by atoms with E-state index in [1.54, 1.807) is 11.1 Å². The average Bonchev–Trinajstić information content (AvgIpc) is 2.72. The zero-order chi connectivity index (χ0) is 12.3. The molecule has 17 heavy (non-hydrogen) atoms. The van der Waals surface area contributed by atoms with E-state index in [1.807, 2.05) is 30.3 Å². The molecule has 0 saturated carbocycles. The van der Waals surface area contributed by atoms with Crippen LogP contribution in [0.25, 0.3) is 0 Å². The van der Waals surface area contributed by atoms with Gasteiger partial charge in [-0.3, -0.25) is 4.79 Å². The second-order valence-corrected chi connectivity index (χ2v) is 4.13. The molecule has 1 amide bonds. The van der Waals surface area contributed by atoms with Crippen molar-refractivity contribution in [3.05, 3.63) is 60.8 Å². The lowest BCUT2D eigenvalue weighted by Crippen LogP contribution is -2.33. The van der Waals surface area contributed by atoms with Gasteiger partial charge in [0.05, 0.1) is 6.04 Å². The molecule has 1 aliphatic rings. The van der Waals surface area contributed by atoms with Crippen LogP contribution in [0, 0.1) is 0 Å². The van der Waals surface area contributed by atoms with Gasteiger partial charge in [-0.2, -0.15) is 0 Å². The van der Waals surface area contributed by atoms with E-state index in [0.717, 1.165) is 11.1 Å². The van der Waals surface area contributed by atoms with Crippen LogP contribution >= 0.6 is 0 Å². The normalized spacial score (nSPS) is 19.2. The minimum absolute atomic E-state index is 0.0557. The summed E-state index contributed by atoms with van der Waals surface area (Å²) >= 11 is 0. The molecule has 0 spiro atoms. The number of carbonyl (C=O) groups is 1. The van der Waals surface area contributed by atoms with E-state index in [1.165, 1.54) is 0 Å². The molecule has 0 radical (unpaired) electrons. The quantitative estimate of drug-likeness (QED) is 0.800. The first-order valence-corrected chi connectivity index (χ1v) is 5.61. The van der Waals surface area contributed by atoms with E-state index in [4.69, 9.17) is 0 Å². The van der Waals surface area contributed by atoms with E-state index < -0.39 is 0 Å². The van der Waals surface area contributed by atoms with Crippen molar-refractivity contribution in [2.45, 2.75) is 6.04 Å². The van der Waals surface area contributed by atoms with Crippen LogP contribution in [0.15, 0.2) is 55.3 Å². The Morgan fingerprint density at radius 1 is 1.41 bits per heavy atom. The van der Waals surface area contributed by atoms with Gasteiger partial charge in [-0.15, -0.1) is 0 Å². The molecule has 1 atom stereocenters. The molecule has 1 aromatic carbocycles. The van der Waals surface area contributed by atoms with Crippen molar-refractivity contribution in [3.63, 3.8) is 0 Å². The number of hydrogen-bond donors (Lipinski definition) is 1. The summed E-state index contributed by atoms with van der Waals surface area (Å²) in [5.41, 5.74) is 1.74. The van der Waals surface area contributed by atoms with Gasteiger partial charge in [-0.25, -0.2) is 0 Å². The molecule has 1 heterocycles. The van der Waals surface area contributed by atoms with Gasteiger partial charge in [0, 0.05) is 18.7 Å². The molecule has 3 nitrogen and oxygen atoms in total. The molecule has 2 rings (SSSR count). The molecule has 0 aliphatic carbocycles. The number of benzene rings is 1. The number of rotatable bonds is 3. The van der Waals surface area contributed by atoms with Crippen molar-refractivity contribution in [2.75, 3.05) is 13.1 Å². The summed E-state index contributed by atoms with van der Waals surface area (Å²) in [6, 6.07) is 9.44. The first-order valence-electron chi connectivity index (χ1n) is 5.61. The Kier molecular flexibility index (Phi) is 3.28. The van der Waals surface area contributed by atoms with Crippen molar-refractivity contribution < 1.29 is 4.79 Å². The number of nitrogens with zero attached hydrogens (tertiary/aromatic N) is 1. The van der Waals surface area contributed by atoms with Gasteiger partial charge in [0.1, 0.15) is 0 Å². The summed E-state index contributed by atoms with van der Waals surface area (Å²) in [6.07, 6.45) is 1.65. The number of nitrogens with one attached hydrogen (secondary N) is 1. The molecular weight excluding hydrogens is 212 g/mol. The molecule has 88 valence electrons. The Hall–Kier alpha value is -2.03. The molecule has 1 aromatic rings.